The van der Waals surface area contributed by atoms with E-state index in [1.54, 1.807) is 25.1 Å². The Bertz CT molecular complexity index is 948. The maximum atomic E-state index is 12.7. The van der Waals surface area contributed by atoms with Crippen LogP contribution in [0, 0.1) is 10.1 Å². The van der Waals surface area contributed by atoms with Crippen LogP contribution < -0.4 is 4.74 Å². The molecule has 2 aromatic carbocycles. The van der Waals surface area contributed by atoms with Gasteiger partial charge in [-0.05, 0) is 42.8 Å². The average molecular weight is 442 g/mol. The predicted octanol–water partition coefficient (Wildman–Crippen LogP) is 6.17. The van der Waals surface area contributed by atoms with Crippen molar-refractivity contribution in [3.05, 3.63) is 75.8 Å². The quantitative estimate of drug-likeness (QED) is 0.201. The number of hydrogen-bond donors (Lipinski definition) is 0. The summed E-state index contributed by atoms with van der Waals surface area (Å²) >= 11 is 0. The fraction of sp³-hybridized carbons (Fsp3) is 0.375. The Morgan fingerprint density at radius 1 is 1.13 bits per heavy atom. The normalized spacial score (nSPS) is 13.2. The molecule has 0 aliphatic rings. The summed E-state index contributed by atoms with van der Waals surface area (Å²) in [6.45, 7) is 12.5. The van der Waals surface area contributed by atoms with Crippen molar-refractivity contribution in [3.63, 3.8) is 0 Å². The molecule has 2 aromatic rings. The second-order valence-electron chi connectivity index (χ2n) is 8.98. The van der Waals surface area contributed by atoms with Crippen LogP contribution in [0.15, 0.2) is 54.6 Å². The maximum Gasteiger partial charge on any atom is 0.311 e. The van der Waals surface area contributed by atoms with E-state index in [-0.39, 0.29) is 28.9 Å². The molecule has 2 rings (SSSR count). The molecule has 31 heavy (non-hydrogen) atoms. The lowest BCUT2D eigenvalue weighted by Gasteiger charge is -2.37. The Balaban J connectivity index is 2.23. The standard InChI is InChI=1S/C24H31NO5Si/c1-18(30-31(5,6)24(2,3)4)22(26)16-15-20-13-10-14-21(25(27)28)23(20)29-17-19-11-8-7-9-12-19/h7-16,18H,17H2,1-6H3. The number of ether oxygens (including phenoxy) is 1. The monoisotopic (exact) mass is 441 g/mol. The van der Waals surface area contributed by atoms with Gasteiger partial charge in [0.25, 0.3) is 0 Å². The van der Waals surface area contributed by atoms with E-state index in [4.69, 9.17) is 9.16 Å². The van der Waals surface area contributed by atoms with Gasteiger partial charge in [0.15, 0.2) is 14.1 Å². The van der Waals surface area contributed by atoms with E-state index < -0.39 is 19.3 Å². The van der Waals surface area contributed by atoms with Gasteiger partial charge in [0.2, 0.25) is 5.75 Å². The Morgan fingerprint density at radius 2 is 1.77 bits per heavy atom. The summed E-state index contributed by atoms with van der Waals surface area (Å²) in [4.78, 5) is 23.7. The number of para-hydroxylation sites is 1. The Kier molecular flexibility index (Phi) is 7.92. The number of rotatable bonds is 9. The van der Waals surface area contributed by atoms with Crippen molar-refractivity contribution in [3.8, 4) is 5.75 Å². The molecule has 0 saturated heterocycles. The van der Waals surface area contributed by atoms with Crippen LogP contribution in [0.5, 0.6) is 5.75 Å². The molecule has 166 valence electrons. The molecule has 7 heteroatoms. The molecule has 0 saturated carbocycles. The van der Waals surface area contributed by atoms with Crippen LogP contribution in [0.1, 0.15) is 38.8 Å². The van der Waals surface area contributed by atoms with E-state index >= 15 is 0 Å². The smallest absolute Gasteiger partial charge is 0.311 e. The van der Waals surface area contributed by atoms with Gasteiger partial charge in [-0.25, -0.2) is 0 Å². The van der Waals surface area contributed by atoms with Gasteiger partial charge in [-0.2, -0.15) is 0 Å². The van der Waals surface area contributed by atoms with E-state index in [0.717, 1.165) is 5.56 Å². The van der Waals surface area contributed by atoms with E-state index in [1.165, 1.54) is 12.1 Å². The number of carbonyl (C=O) groups is 1. The SMILES string of the molecule is CC(O[Si](C)(C)C(C)(C)C)C(=O)C=Cc1cccc([N+](=O)[O-])c1OCc1ccccc1. The molecule has 0 bridgehead atoms. The van der Waals surface area contributed by atoms with Gasteiger partial charge in [0.05, 0.1) is 4.92 Å². The Hall–Kier alpha value is -2.77. The number of benzene rings is 2. The molecule has 0 aliphatic heterocycles. The van der Waals surface area contributed by atoms with E-state index in [9.17, 15) is 14.9 Å². The summed E-state index contributed by atoms with van der Waals surface area (Å²) in [6.07, 6.45) is 2.37. The minimum Gasteiger partial charge on any atom is -0.482 e. The summed E-state index contributed by atoms with van der Waals surface area (Å²) in [7, 11) is -2.09. The van der Waals surface area contributed by atoms with Crippen molar-refractivity contribution in [1.29, 1.82) is 0 Å². The second-order valence-corrected chi connectivity index (χ2v) is 13.7. The summed E-state index contributed by atoms with van der Waals surface area (Å²) < 4.78 is 12.0. The third-order valence-corrected chi connectivity index (χ3v) is 10.1. The Labute approximate surface area is 185 Å². The van der Waals surface area contributed by atoms with Crippen molar-refractivity contribution in [1.82, 2.24) is 0 Å². The number of ketones is 1. The lowest BCUT2D eigenvalue weighted by Crippen LogP contribution is -2.44. The fourth-order valence-electron chi connectivity index (χ4n) is 2.69. The average Bonchev–Trinajstić information content (AvgIpc) is 2.70. The van der Waals surface area contributed by atoms with Crippen LogP contribution in [0.2, 0.25) is 18.1 Å². The summed E-state index contributed by atoms with van der Waals surface area (Å²) in [5.74, 6) is -0.0521. The molecule has 0 radical (unpaired) electrons. The van der Waals surface area contributed by atoms with E-state index in [1.807, 2.05) is 30.3 Å². The van der Waals surface area contributed by atoms with Crippen LogP contribution in [-0.2, 0) is 15.8 Å². The third-order valence-electron chi connectivity index (χ3n) is 5.55. The lowest BCUT2D eigenvalue weighted by atomic mass is 10.1. The van der Waals surface area contributed by atoms with Gasteiger partial charge in [0, 0.05) is 11.6 Å². The molecular weight excluding hydrogens is 410 g/mol. The zero-order valence-electron chi connectivity index (χ0n) is 19.0. The van der Waals surface area contributed by atoms with Crippen molar-refractivity contribution in [2.45, 2.75) is 58.5 Å². The molecule has 1 unspecified atom stereocenters. The topological polar surface area (TPSA) is 78.7 Å². The summed E-state index contributed by atoms with van der Waals surface area (Å²) in [6, 6.07) is 14.1. The highest BCUT2D eigenvalue weighted by atomic mass is 28.4. The van der Waals surface area contributed by atoms with Gasteiger partial charge >= 0.3 is 5.69 Å². The summed E-state index contributed by atoms with van der Waals surface area (Å²) in [5, 5.41) is 11.5. The molecule has 0 spiro atoms. The number of nitro groups is 1. The first-order valence-electron chi connectivity index (χ1n) is 10.3. The highest BCUT2D eigenvalue weighted by Gasteiger charge is 2.39. The minimum absolute atomic E-state index is 0.0102. The van der Waals surface area contributed by atoms with Crippen LogP contribution in [0.25, 0.3) is 6.08 Å². The number of nitrogens with zero attached hydrogens (tertiary/aromatic N) is 1. The second kappa shape index (κ2) is 10.0. The molecular formula is C24H31NO5Si. The van der Waals surface area contributed by atoms with Gasteiger partial charge in [0.1, 0.15) is 12.7 Å². The largest absolute Gasteiger partial charge is 0.482 e. The molecule has 0 amide bonds. The molecule has 0 aliphatic carbocycles. The van der Waals surface area contributed by atoms with Crippen molar-refractivity contribution < 1.29 is 18.9 Å². The molecule has 0 aromatic heterocycles. The van der Waals surface area contributed by atoms with Gasteiger partial charge in [-0.15, -0.1) is 0 Å². The molecule has 0 heterocycles. The van der Waals surface area contributed by atoms with Gasteiger partial charge in [-0.3, -0.25) is 14.9 Å². The van der Waals surface area contributed by atoms with Crippen LogP contribution >= 0.6 is 0 Å². The van der Waals surface area contributed by atoms with Gasteiger partial charge in [-0.1, -0.05) is 63.2 Å². The molecule has 0 fully saturated rings. The van der Waals surface area contributed by atoms with Crippen LogP contribution in [-0.4, -0.2) is 25.1 Å². The third kappa shape index (κ3) is 6.60. The zero-order valence-corrected chi connectivity index (χ0v) is 20.0. The number of nitro benzene ring substituents is 1. The van der Waals surface area contributed by atoms with E-state index in [2.05, 4.69) is 33.9 Å². The first-order valence-corrected chi connectivity index (χ1v) is 13.2. The lowest BCUT2D eigenvalue weighted by molar-refractivity contribution is -0.386. The summed E-state index contributed by atoms with van der Waals surface area (Å²) in [5.41, 5.74) is 1.22. The van der Waals surface area contributed by atoms with Crippen LogP contribution in [0.4, 0.5) is 5.69 Å². The highest BCUT2D eigenvalue weighted by molar-refractivity contribution is 6.74. The van der Waals surface area contributed by atoms with E-state index in [0.29, 0.717) is 5.56 Å². The Morgan fingerprint density at radius 3 is 2.35 bits per heavy atom. The molecule has 6 nitrogen and oxygen atoms in total. The number of hydrogen-bond acceptors (Lipinski definition) is 5. The van der Waals surface area contributed by atoms with Crippen molar-refractivity contribution >= 4 is 25.9 Å². The van der Waals surface area contributed by atoms with Crippen molar-refractivity contribution in [2.24, 2.45) is 0 Å². The highest BCUT2D eigenvalue weighted by Crippen LogP contribution is 2.37. The molecule has 0 N–H and O–H groups in total. The van der Waals surface area contributed by atoms with Crippen LogP contribution in [0.3, 0.4) is 0 Å². The van der Waals surface area contributed by atoms with Gasteiger partial charge < -0.3 is 9.16 Å². The minimum atomic E-state index is -2.09. The number of carbonyl (C=O) groups excluding carboxylic acids is 1. The fourth-order valence-corrected chi connectivity index (χ4v) is 4.04. The maximum absolute atomic E-state index is 12.7. The first-order chi connectivity index (χ1) is 14.4. The zero-order chi connectivity index (χ0) is 23.2. The first kappa shape index (κ1) is 24.5. The van der Waals surface area contributed by atoms with Crippen molar-refractivity contribution in [2.75, 3.05) is 0 Å². The molecule has 1 atom stereocenters. The predicted molar refractivity (Wildman–Crippen MR) is 126 cm³/mol.